The van der Waals surface area contributed by atoms with Crippen molar-refractivity contribution in [2.24, 2.45) is 5.92 Å². The van der Waals surface area contributed by atoms with Crippen LogP contribution >= 0.6 is 0 Å². The maximum absolute atomic E-state index is 5.33. The quantitative estimate of drug-likeness (QED) is 0.832. The number of rotatable bonds is 7. The molecule has 1 N–H and O–H groups in total. The van der Waals surface area contributed by atoms with Crippen molar-refractivity contribution in [3.63, 3.8) is 0 Å². The highest BCUT2D eigenvalue weighted by Crippen LogP contribution is 2.25. The number of ether oxygens (including phenoxy) is 1. The van der Waals surface area contributed by atoms with Crippen LogP contribution in [0, 0.1) is 5.92 Å². The molecule has 0 amide bonds. The molecule has 1 aromatic rings. The number of nitrogens with zero attached hydrogens (tertiary/aromatic N) is 1. The van der Waals surface area contributed by atoms with Gasteiger partial charge in [-0.2, -0.15) is 0 Å². The second kappa shape index (κ2) is 8.40. The lowest BCUT2D eigenvalue weighted by atomic mass is 9.89. The van der Waals surface area contributed by atoms with E-state index in [4.69, 9.17) is 4.74 Å². The Morgan fingerprint density at radius 2 is 2.05 bits per heavy atom. The van der Waals surface area contributed by atoms with Crippen LogP contribution in [0.3, 0.4) is 0 Å². The van der Waals surface area contributed by atoms with Gasteiger partial charge in [0.25, 0.3) is 0 Å². The Labute approximate surface area is 129 Å². The van der Waals surface area contributed by atoms with E-state index in [0.717, 1.165) is 18.2 Å². The van der Waals surface area contributed by atoms with Gasteiger partial charge in [0.2, 0.25) is 0 Å². The van der Waals surface area contributed by atoms with Gasteiger partial charge in [0.15, 0.2) is 0 Å². The Balaban J connectivity index is 1.90. The molecule has 1 fully saturated rings. The molecule has 0 aromatic heterocycles. The maximum atomic E-state index is 5.33. The summed E-state index contributed by atoms with van der Waals surface area (Å²) in [6, 6.07) is 8.74. The first kappa shape index (κ1) is 16.3. The molecule has 118 valence electrons. The van der Waals surface area contributed by atoms with E-state index < -0.39 is 0 Å². The van der Waals surface area contributed by atoms with Crippen LogP contribution in [-0.4, -0.2) is 39.2 Å². The average Bonchev–Trinajstić information content (AvgIpc) is 2.53. The number of methoxy groups -OCH3 is 1. The van der Waals surface area contributed by atoms with Gasteiger partial charge in [-0.3, -0.25) is 0 Å². The molecule has 0 bridgehead atoms. The number of hydrogen-bond acceptors (Lipinski definition) is 3. The highest BCUT2D eigenvalue weighted by Gasteiger charge is 2.18. The van der Waals surface area contributed by atoms with E-state index in [1.807, 2.05) is 13.1 Å². The SMILES string of the molecule is CNC(CN(C)CC1CCCCC1)c1cccc(OC)c1. The molecule has 0 heterocycles. The lowest BCUT2D eigenvalue weighted by molar-refractivity contribution is 0.218. The zero-order valence-corrected chi connectivity index (χ0v) is 13.8. The molecule has 0 radical (unpaired) electrons. The molecule has 1 atom stereocenters. The second-order valence-electron chi connectivity index (χ2n) is 6.34. The molecule has 1 aliphatic carbocycles. The molecule has 1 aromatic carbocycles. The van der Waals surface area contributed by atoms with E-state index in [1.54, 1.807) is 7.11 Å². The zero-order chi connectivity index (χ0) is 15.1. The van der Waals surface area contributed by atoms with Crippen LogP contribution in [0.5, 0.6) is 5.75 Å². The molecule has 1 saturated carbocycles. The van der Waals surface area contributed by atoms with E-state index in [9.17, 15) is 0 Å². The number of benzene rings is 1. The second-order valence-corrected chi connectivity index (χ2v) is 6.34. The predicted molar refractivity (Wildman–Crippen MR) is 88.9 cm³/mol. The minimum Gasteiger partial charge on any atom is -0.497 e. The standard InChI is InChI=1S/C18H30N2O/c1-19-18(16-10-7-11-17(12-16)21-3)14-20(2)13-15-8-5-4-6-9-15/h7,10-12,15,18-19H,4-6,8-9,13-14H2,1-3H3. The Hall–Kier alpha value is -1.06. The van der Waals surface area contributed by atoms with Crippen LogP contribution < -0.4 is 10.1 Å². The minimum absolute atomic E-state index is 0.355. The minimum atomic E-state index is 0.355. The van der Waals surface area contributed by atoms with Gasteiger partial charge >= 0.3 is 0 Å². The summed E-state index contributed by atoms with van der Waals surface area (Å²) in [6.07, 6.45) is 7.10. The van der Waals surface area contributed by atoms with Crippen molar-refractivity contribution in [1.29, 1.82) is 0 Å². The first-order valence-corrected chi connectivity index (χ1v) is 8.22. The first-order chi connectivity index (χ1) is 10.2. The van der Waals surface area contributed by atoms with E-state index in [2.05, 4.69) is 35.5 Å². The van der Waals surface area contributed by atoms with Gasteiger partial charge in [0.05, 0.1) is 7.11 Å². The third-order valence-electron chi connectivity index (χ3n) is 4.63. The van der Waals surface area contributed by atoms with Crippen LogP contribution in [0.25, 0.3) is 0 Å². The van der Waals surface area contributed by atoms with E-state index >= 15 is 0 Å². The number of nitrogens with one attached hydrogen (secondary N) is 1. The van der Waals surface area contributed by atoms with Crippen molar-refractivity contribution in [3.05, 3.63) is 29.8 Å². The number of likely N-dealkylation sites (N-methyl/N-ethyl adjacent to an activating group) is 2. The van der Waals surface area contributed by atoms with Crippen molar-refractivity contribution in [1.82, 2.24) is 10.2 Å². The summed E-state index contributed by atoms with van der Waals surface area (Å²) in [6.45, 7) is 2.27. The monoisotopic (exact) mass is 290 g/mol. The van der Waals surface area contributed by atoms with E-state index in [1.165, 1.54) is 44.2 Å². The van der Waals surface area contributed by atoms with Gasteiger partial charge in [0.1, 0.15) is 5.75 Å². The molecule has 2 rings (SSSR count). The Morgan fingerprint density at radius 1 is 1.29 bits per heavy atom. The van der Waals surface area contributed by atoms with Crippen LogP contribution in [0.4, 0.5) is 0 Å². The fourth-order valence-corrected chi connectivity index (χ4v) is 3.42. The van der Waals surface area contributed by atoms with Crippen LogP contribution in [0.2, 0.25) is 0 Å². The third kappa shape index (κ3) is 5.01. The molecular weight excluding hydrogens is 260 g/mol. The molecule has 3 nitrogen and oxygen atoms in total. The van der Waals surface area contributed by atoms with Gasteiger partial charge < -0.3 is 15.0 Å². The lowest BCUT2D eigenvalue weighted by Gasteiger charge is -2.29. The van der Waals surface area contributed by atoms with Gasteiger partial charge in [-0.25, -0.2) is 0 Å². The van der Waals surface area contributed by atoms with Crippen LogP contribution in [-0.2, 0) is 0 Å². The summed E-state index contributed by atoms with van der Waals surface area (Å²) in [5, 5.41) is 3.44. The normalized spacial score (nSPS) is 17.9. The highest BCUT2D eigenvalue weighted by molar-refractivity contribution is 5.30. The molecule has 0 aliphatic heterocycles. The summed E-state index contributed by atoms with van der Waals surface area (Å²) in [5.74, 6) is 1.83. The summed E-state index contributed by atoms with van der Waals surface area (Å²) in [4.78, 5) is 2.48. The van der Waals surface area contributed by atoms with E-state index in [-0.39, 0.29) is 0 Å². The summed E-state index contributed by atoms with van der Waals surface area (Å²) < 4.78 is 5.33. The van der Waals surface area contributed by atoms with Crippen LogP contribution in [0.1, 0.15) is 43.7 Å². The average molecular weight is 290 g/mol. The Morgan fingerprint density at radius 3 is 2.71 bits per heavy atom. The van der Waals surface area contributed by atoms with Crippen LogP contribution in [0.15, 0.2) is 24.3 Å². The van der Waals surface area contributed by atoms with Gasteiger partial charge in [-0.15, -0.1) is 0 Å². The molecule has 0 spiro atoms. The maximum Gasteiger partial charge on any atom is 0.119 e. The van der Waals surface area contributed by atoms with Gasteiger partial charge in [-0.1, -0.05) is 31.4 Å². The first-order valence-electron chi connectivity index (χ1n) is 8.22. The molecule has 1 aliphatic rings. The summed E-state index contributed by atoms with van der Waals surface area (Å²) >= 11 is 0. The van der Waals surface area contributed by atoms with Gasteiger partial charge in [0, 0.05) is 19.1 Å². The highest BCUT2D eigenvalue weighted by atomic mass is 16.5. The lowest BCUT2D eigenvalue weighted by Crippen LogP contribution is -2.34. The summed E-state index contributed by atoms with van der Waals surface area (Å²) in [5.41, 5.74) is 1.30. The smallest absolute Gasteiger partial charge is 0.119 e. The molecule has 3 heteroatoms. The largest absolute Gasteiger partial charge is 0.497 e. The molecular formula is C18H30N2O. The third-order valence-corrected chi connectivity index (χ3v) is 4.63. The Bertz CT molecular complexity index is 415. The fourth-order valence-electron chi connectivity index (χ4n) is 3.42. The van der Waals surface area contributed by atoms with Crippen molar-refractivity contribution >= 4 is 0 Å². The fraction of sp³-hybridized carbons (Fsp3) is 0.667. The van der Waals surface area contributed by atoms with Crippen molar-refractivity contribution in [2.45, 2.75) is 38.1 Å². The predicted octanol–water partition coefficient (Wildman–Crippen LogP) is 3.47. The number of hydrogen-bond donors (Lipinski definition) is 1. The topological polar surface area (TPSA) is 24.5 Å². The molecule has 0 saturated heterocycles. The van der Waals surface area contributed by atoms with Crippen molar-refractivity contribution < 1.29 is 4.74 Å². The molecule has 1 unspecified atom stereocenters. The Kier molecular flexibility index (Phi) is 6.52. The zero-order valence-electron chi connectivity index (χ0n) is 13.8. The summed E-state index contributed by atoms with van der Waals surface area (Å²) in [7, 11) is 6.01. The van der Waals surface area contributed by atoms with Crippen molar-refractivity contribution in [2.75, 3.05) is 34.3 Å². The van der Waals surface area contributed by atoms with Gasteiger partial charge in [-0.05, 0) is 50.6 Å². The van der Waals surface area contributed by atoms with E-state index in [0.29, 0.717) is 6.04 Å². The molecule has 21 heavy (non-hydrogen) atoms. The van der Waals surface area contributed by atoms with Crippen molar-refractivity contribution in [3.8, 4) is 5.75 Å².